The van der Waals surface area contributed by atoms with Crippen LogP contribution in [-0.2, 0) is 9.59 Å². The van der Waals surface area contributed by atoms with Crippen LogP contribution in [0, 0.1) is 0 Å². The molecular formula is C12H14N2O3. The molecule has 1 aromatic rings. The molecule has 0 saturated carbocycles. The van der Waals surface area contributed by atoms with E-state index in [-0.39, 0.29) is 18.4 Å². The molecule has 1 aromatic carbocycles. The largest absolute Gasteiger partial charge is 0.477 e. The molecule has 0 aliphatic carbocycles. The molecule has 2 amide bonds. The molecule has 0 spiro atoms. The summed E-state index contributed by atoms with van der Waals surface area (Å²) in [6.45, 7) is 1.72. The molecule has 5 heteroatoms. The first-order chi connectivity index (χ1) is 8.13. The first kappa shape index (κ1) is 11.4. The van der Waals surface area contributed by atoms with Crippen LogP contribution in [0.15, 0.2) is 24.3 Å². The Balaban J connectivity index is 2.36. The van der Waals surface area contributed by atoms with Gasteiger partial charge in [0.25, 0.3) is 5.91 Å². The van der Waals surface area contributed by atoms with Crippen LogP contribution in [0.4, 0.5) is 5.69 Å². The van der Waals surface area contributed by atoms with Gasteiger partial charge in [-0.15, -0.1) is 0 Å². The van der Waals surface area contributed by atoms with Crippen LogP contribution in [-0.4, -0.2) is 31.5 Å². The Labute approximate surface area is 99.4 Å². The van der Waals surface area contributed by atoms with Gasteiger partial charge in [0, 0.05) is 14.0 Å². The van der Waals surface area contributed by atoms with E-state index in [2.05, 4.69) is 5.32 Å². The van der Waals surface area contributed by atoms with Crippen molar-refractivity contribution in [3.05, 3.63) is 24.3 Å². The Bertz CT molecular complexity index is 459. The highest BCUT2D eigenvalue weighted by molar-refractivity contribution is 5.95. The van der Waals surface area contributed by atoms with E-state index in [1.54, 1.807) is 24.1 Å². The van der Waals surface area contributed by atoms with Crippen molar-refractivity contribution >= 4 is 17.5 Å². The number of likely N-dealkylation sites (N-methyl/N-ethyl adjacent to an activating group) is 1. The number of carbonyl (C=O) groups is 2. The lowest BCUT2D eigenvalue weighted by molar-refractivity contribution is -0.127. The minimum atomic E-state index is -0.654. The predicted octanol–water partition coefficient (Wildman–Crippen LogP) is 0.546. The third-order valence-corrected chi connectivity index (χ3v) is 2.69. The zero-order valence-electron chi connectivity index (χ0n) is 9.77. The minimum Gasteiger partial charge on any atom is -0.477 e. The number of nitrogens with zero attached hydrogens (tertiary/aromatic N) is 1. The molecule has 90 valence electrons. The lowest BCUT2D eigenvalue weighted by atomic mass is 10.2. The quantitative estimate of drug-likeness (QED) is 0.771. The Hall–Kier alpha value is -2.04. The first-order valence-electron chi connectivity index (χ1n) is 5.39. The molecule has 1 heterocycles. The van der Waals surface area contributed by atoms with E-state index in [4.69, 9.17) is 4.74 Å². The predicted molar refractivity (Wildman–Crippen MR) is 63.0 cm³/mol. The molecular weight excluding hydrogens is 220 g/mol. The van der Waals surface area contributed by atoms with E-state index in [1.807, 2.05) is 12.1 Å². The molecule has 0 bridgehead atoms. The van der Waals surface area contributed by atoms with Crippen molar-refractivity contribution < 1.29 is 14.3 Å². The number of rotatable bonds is 1. The second-order valence-electron chi connectivity index (χ2n) is 3.82. The highest BCUT2D eigenvalue weighted by atomic mass is 16.5. The number of hydrogen-bond donors (Lipinski definition) is 1. The summed E-state index contributed by atoms with van der Waals surface area (Å²) in [4.78, 5) is 24.7. The van der Waals surface area contributed by atoms with Crippen molar-refractivity contribution in [2.75, 3.05) is 18.5 Å². The molecule has 1 unspecified atom stereocenters. The molecule has 0 radical (unpaired) electrons. The summed E-state index contributed by atoms with van der Waals surface area (Å²) < 4.78 is 5.56. The van der Waals surface area contributed by atoms with Crippen LogP contribution < -0.4 is 15.0 Å². The number of nitrogens with one attached hydrogen (secondary N) is 1. The number of para-hydroxylation sites is 2. The Morgan fingerprint density at radius 1 is 1.41 bits per heavy atom. The summed E-state index contributed by atoms with van der Waals surface area (Å²) >= 11 is 0. The van der Waals surface area contributed by atoms with E-state index >= 15 is 0 Å². The molecule has 0 aromatic heterocycles. The fourth-order valence-electron chi connectivity index (χ4n) is 1.83. The normalized spacial score (nSPS) is 18.0. The van der Waals surface area contributed by atoms with Gasteiger partial charge in [0.05, 0.1) is 12.2 Å². The number of amides is 2. The molecule has 1 atom stereocenters. The molecule has 5 nitrogen and oxygen atoms in total. The van der Waals surface area contributed by atoms with E-state index in [9.17, 15) is 9.59 Å². The van der Waals surface area contributed by atoms with Gasteiger partial charge in [0.15, 0.2) is 6.10 Å². The summed E-state index contributed by atoms with van der Waals surface area (Å²) in [6.07, 6.45) is -0.654. The topological polar surface area (TPSA) is 58.6 Å². The van der Waals surface area contributed by atoms with Gasteiger partial charge >= 0.3 is 0 Å². The summed E-state index contributed by atoms with van der Waals surface area (Å²) in [5, 5.41) is 2.52. The minimum absolute atomic E-state index is 0.102. The Morgan fingerprint density at radius 3 is 2.76 bits per heavy atom. The van der Waals surface area contributed by atoms with E-state index in [0.717, 1.165) is 0 Å². The van der Waals surface area contributed by atoms with Crippen molar-refractivity contribution in [3.8, 4) is 5.75 Å². The highest BCUT2D eigenvalue weighted by Gasteiger charge is 2.31. The average molecular weight is 234 g/mol. The highest BCUT2D eigenvalue weighted by Crippen LogP contribution is 2.32. The molecule has 1 aliphatic rings. The maximum absolute atomic E-state index is 11.6. The van der Waals surface area contributed by atoms with Crippen LogP contribution in [0.2, 0.25) is 0 Å². The van der Waals surface area contributed by atoms with E-state index in [0.29, 0.717) is 11.4 Å². The Kier molecular flexibility index (Phi) is 2.99. The van der Waals surface area contributed by atoms with Gasteiger partial charge < -0.3 is 15.0 Å². The van der Waals surface area contributed by atoms with Crippen LogP contribution in [0.5, 0.6) is 5.75 Å². The Morgan fingerprint density at radius 2 is 2.12 bits per heavy atom. The van der Waals surface area contributed by atoms with Crippen LogP contribution in [0.25, 0.3) is 0 Å². The lowest BCUT2D eigenvalue weighted by Gasteiger charge is -2.33. The maximum atomic E-state index is 11.6. The van der Waals surface area contributed by atoms with Crippen LogP contribution >= 0.6 is 0 Å². The van der Waals surface area contributed by atoms with Gasteiger partial charge in [-0.3, -0.25) is 9.59 Å². The molecule has 0 saturated heterocycles. The van der Waals surface area contributed by atoms with Crippen molar-refractivity contribution in [2.45, 2.75) is 13.0 Å². The molecule has 2 rings (SSSR count). The third-order valence-electron chi connectivity index (χ3n) is 2.69. The number of anilines is 1. The summed E-state index contributed by atoms with van der Waals surface area (Å²) in [7, 11) is 1.55. The van der Waals surface area contributed by atoms with Crippen molar-refractivity contribution in [1.29, 1.82) is 0 Å². The van der Waals surface area contributed by atoms with Gasteiger partial charge in [0.1, 0.15) is 5.75 Å². The standard InChI is InChI=1S/C12H14N2O3/c1-8(15)14-7-11(12(16)13-2)17-10-6-4-3-5-9(10)14/h3-6,11H,7H2,1-2H3,(H,13,16). The summed E-state index contributed by atoms with van der Waals surface area (Å²) in [5.74, 6) is 0.225. The van der Waals surface area contributed by atoms with Gasteiger partial charge in [0.2, 0.25) is 5.91 Å². The SMILES string of the molecule is CNC(=O)C1CN(C(C)=O)c2ccccc2O1. The van der Waals surface area contributed by atoms with Crippen molar-refractivity contribution in [1.82, 2.24) is 5.32 Å². The van der Waals surface area contributed by atoms with Gasteiger partial charge in [-0.1, -0.05) is 12.1 Å². The number of carbonyl (C=O) groups excluding carboxylic acids is 2. The summed E-state index contributed by atoms with van der Waals surface area (Å²) in [5.41, 5.74) is 0.708. The van der Waals surface area contributed by atoms with E-state index < -0.39 is 6.10 Å². The fourth-order valence-corrected chi connectivity index (χ4v) is 1.83. The fraction of sp³-hybridized carbons (Fsp3) is 0.333. The van der Waals surface area contributed by atoms with Gasteiger partial charge in [-0.2, -0.15) is 0 Å². The zero-order chi connectivity index (χ0) is 12.4. The maximum Gasteiger partial charge on any atom is 0.262 e. The number of benzene rings is 1. The van der Waals surface area contributed by atoms with Gasteiger partial charge in [-0.05, 0) is 12.1 Å². The number of ether oxygens (including phenoxy) is 1. The van der Waals surface area contributed by atoms with E-state index in [1.165, 1.54) is 6.92 Å². The second-order valence-corrected chi connectivity index (χ2v) is 3.82. The second kappa shape index (κ2) is 4.45. The van der Waals surface area contributed by atoms with Gasteiger partial charge in [-0.25, -0.2) is 0 Å². The van der Waals surface area contributed by atoms with Crippen molar-refractivity contribution in [2.24, 2.45) is 0 Å². The molecule has 17 heavy (non-hydrogen) atoms. The third kappa shape index (κ3) is 2.08. The molecule has 1 aliphatic heterocycles. The number of hydrogen-bond acceptors (Lipinski definition) is 3. The van der Waals surface area contributed by atoms with Crippen LogP contribution in [0.3, 0.4) is 0 Å². The first-order valence-corrected chi connectivity index (χ1v) is 5.39. The molecule has 1 N–H and O–H groups in total. The summed E-state index contributed by atoms with van der Waals surface area (Å²) in [6, 6.07) is 7.19. The monoisotopic (exact) mass is 234 g/mol. The zero-order valence-corrected chi connectivity index (χ0v) is 9.77. The van der Waals surface area contributed by atoms with Crippen LogP contribution in [0.1, 0.15) is 6.92 Å². The lowest BCUT2D eigenvalue weighted by Crippen LogP contribution is -2.49. The molecule has 0 fully saturated rings. The number of fused-ring (bicyclic) bond motifs is 1. The average Bonchev–Trinajstić information content (AvgIpc) is 2.36. The van der Waals surface area contributed by atoms with Crippen molar-refractivity contribution in [3.63, 3.8) is 0 Å². The smallest absolute Gasteiger partial charge is 0.262 e.